The van der Waals surface area contributed by atoms with Gasteiger partial charge in [0.15, 0.2) is 0 Å². The molecule has 0 aromatic carbocycles. The van der Waals surface area contributed by atoms with Crippen LogP contribution in [0.3, 0.4) is 0 Å². The van der Waals surface area contributed by atoms with Crippen LogP contribution in [0.25, 0.3) is 0 Å². The van der Waals surface area contributed by atoms with Crippen LogP contribution in [0.4, 0.5) is 5.69 Å². The average molecular weight is 263 g/mol. The van der Waals surface area contributed by atoms with Gasteiger partial charge >= 0.3 is 0 Å². The summed E-state index contributed by atoms with van der Waals surface area (Å²) in [5, 5.41) is 0. The van der Waals surface area contributed by atoms with E-state index in [1.165, 1.54) is 0 Å². The number of nitrogens with one attached hydrogen (secondary N) is 1. The molecule has 0 aliphatic rings. The van der Waals surface area contributed by atoms with Crippen molar-refractivity contribution in [3.05, 3.63) is 26.6 Å². The lowest BCUT2D eigenvalue weighted by Gasteiger charge is -1.98. The number of pyridine rings is 1. The summed E-state index contributed by atoms with van der Waals surface area (Å²) >= 11 is 3.23. The zero-order valence-electron chi connectivity index (χ0n) is 9.44. The second-order valence-corrected chi connectivity index (χ2v) is 2.86. The molecule has 0 fully saturated rings. The molecule has 14 heavy (non-hydrogen) atoms. The van der Waals surface area contributed by atoms with Crippen molar-refractivity contribution in [2.24, 2.45) is 0 Å². The number of hydrogen-bond donors (Lipinski definition) is 2. The molecule has 4 heteroatoms. The first kappa shape index (κ1) is 15.7. The Morgan fingerprint density at radius 3 is 2.07 bits per heavy atom. The number of halogens is 1. The summed E-state index contributed by atoms with van der Waals surface area (Å²) in [6.45, 7) is 9.79. The van der Waals surface area contributed by atoms with Crippen molar-refractivity contribution in [1.82, 2.24) is 4.98 Å². The number of anilines is 1. The van der Waals surface area contributed by atoms with Gasteiger partial charge in [0.25, 0.3) is 5.56 Å². The maximum Gasteiger partial charge on any atom is 0.271 e. The highest BCUT2D eigenvalue weighted by atomic mass is 79.9. The average Bonchev–Trinajstić information content (AvgIpc) is 2.26. The van der Waals surface area contributed by atoms with Gasteiger partial charge in [-0.05, 0) is 28.4 Å². The highest BCUT2D eigenvalue weighted by molar-refractivity contribution is 9.10. The van der Waals surface area contributed by atoms with Gasteiger partial charge in [-0.2, -0.15) is 0 Å². The van der Waals surface area contributed by atoms with Crippen LogP contribution in [-0.4, -0.2) is 4.98 Å². The third-order valence-corrected chi connectivity index (χ3v) is 2.16. The fourth-order valence-corrected chi connectivity index (χ4v) is 0.942. The molecule has 0 saturated heterocycles. The maximum absolute atomic E-state index is 10.8. The molecule has 0 bridgehead atoms. The third-order valence-electron chi connectivity index (χ3n) is 1.34. The molecule has 0 aliphatic carbocycles. The zero-order chi connectivity index (χ0) is 11.7. The summed E-state index contributed by atoms with van der Waals surface area (Å²) in [4.78, 5) is 13.3. The van der Waals surface area contributed by atoms with Crippen LogP contribution in [0.5, 0.6) is 0 Å². The smallest absolute Gasteiger partial charge is 0.271 e. The molecule has 0 spiro atoms. The molecule has 82 valence electrons. The second-order valence-electron chi connectivity index (χ2n) is 2.00. The van der Waals surface area contributed by atoms with Crippen molar-refractivity contribution in [2.45, 2.75) is 34.6 Å². The molecular weight excluding hydrogens is 244 g/mol. The van der Waals surface area contributed by atoms with E-state index in [0.29, 0.717) is 0 Å². The Kier molecular flexibility index (Phi) is 9.88. The van der Waals surface area contributed by atoms with Gasteiger partial charge in [0.05, 0.1) is 0 Å². The quantitative estimate of drug-likeness (QED) is 0.755. The lowest BCUT2D eigenvalue weighted by atomic mass is 10.3. The van der Waals surface area contributed by atoms with Crippen molar-refractivity contribution in [3.8, 4) is 0 Å². The number of nitrogen functional groups attached to an aromatic ring is 1. The van der Waals surface area contributed by atoms with Crippen LogP contribution in [0.15, 0.2) is 15.5 Å². The van der Waals surface area contributed by atoms with Crippen LogP contribution in [0.2, 0.25) is 0 Å². The van der Waals surface area contributed by atoms with Gasteiger partial charge in [-0.3, -0.25) is 4.79 Å². The van der Waals surface area contributed by atoms with E-state index in [-0.39, 0.29) is 11.2 Å². The van der Waals surface area contributed by atoms with Gasteiger partial charge in [0, 0.05) is 10.7 Å². The summed E-state index contributed by atoms with van der Waals surface area (Å²) in [5.74, 6) is 0. The molecule has 1 aromatic heterocycles. The van der Waals surface area contributed by atoms with E-state index in [1.807, 2.05) is 27.7 Å². The number of nitrogens with two attached hydrogens (primary N) is 1. The van der Waals surface area contributed by atoms with E-state index in [0.717, 1.165) is 10.0 Å². The third kappa shape index (κ3) is 4.46. The predicted molar refractivity (Wildman–Crippen MR) is 66.6 cm³/mol. The van der Waals surface area contributed by atoms with Crippen LogP contribution >= 0.6 is 15.9 Å². The topological polar surface area (TPSA) is 58.9 Å². The highest BCUT2D eigenvalue weighted by Gasteiger charge is 2.00. The molecule has 3 nitrogen and oxygen atoms in total. The number of H-pyrrole nitrogens is 1. The first-order valence-corrected chi connectivity index (χ1v) is 5.55. The van der Waals surface area contributed by atoms with Crippen molar-refractivity contribution in [3.63, 3.8) is 0 Å². The Morgan fingerprint density at radius 1 is 1.29 bits per heavy atom. The van der Waals surface area contributed by atoms with E-state index in [4.69, 9.17) is 5.73 Å². The predicted octanol–water partition coefficient (Wildman–Crippen LogP) is 3.08. The minimum Gasteiger partial charge on any atom is -0.394 e. The minimum atomic E-state index is -0.235. The van der Waals surface area contributed by atoms with Gasteiger partial charge < -0.3 is 10.7 Å². The van der Waals surface area contributed by atoms with E-state index in [1.54, 1.807) is 13.1 Å². The first-order chi connectivity index (χ1) is 6.63. The summed E-state index contributed by atoms with van der Waals surface area (Å²) in [5.41, 5.74) is 6.23. The Labute approximate surface area is 93.9 Å². The number of aromatic amines is 1. The molecule has 3 N–H and O–H groups in total. The lowest BCUT2D eigenvalue weighted by Crippen LogP contribution is -2.12. The van der Waals surface area contributed by atoms with Crippen molar-refractivity contribution < 1.29 is 0 Å². The zero-order valence-corrected chi connectivity index (χ0v) is 11.0. The Hall–Kier alpha value is -0.770. The molecular formula is C10H19BrN2O. The largest absolute Gasteiger partial charge is 0.394 e. The highest BCUT2D eigenvalue weighted by Crippen LogP contribution is 2.15. The molecule has 0 saturated carbocycles. The number of hydrogen-bond acceptors (Lipinski definition) is 2. The molecule has 1 heterocycles. The molecule has 0 unspecified atom stereocenters. The molecule has 1 rings (SSSR count). The van der Waals surface area contributed by atoms with Crippen molar-refractivity contribution in [1.29, 1.82) is 0 Å². The monoisotopic (exact) mass is 262 g/mol. The number of aromatic nitrogens is 1. The van der Waals surface area contributed by atoms with Crippen LogP contribution in [0.1, 0.15) is 33.3 Å². The SMILES string of the molecule is CC.CC.Cc1c(Br)c[nH]c(=O)c1N. The fraction of sp³-hybridized carbons (Fsp3) is 0.500. The Morgan fingerprint density at radius 2 is 1.71 bits per heavy atom. The second kappa shape index (κ2) is 8.81. The Bertz CT molecular complexity index is 307. The molecule has 1 aromatic rings. The van der Waals surface area contributed by atoms with E-state index in [9.17, 15) is 4.79 Å². The van der Waals surface area contributed by atoms with Gasteiger partial charge in [-0.25, -0.2) is 0 Å². The fourth-order valence-electron chi connectivity index (χ4n) is 0.614. The van der Waals surface area contributed by atoms with Crippen LogP contribution < -0.4 is 11.3 Å². The van der Waals surface area contributed by atoms with E-state index in [2.05, 4.69) is 20.9 Å². The van der Waals surface area contributed by atoms with Gasteiger partial charge in [0.1, 0.15) is 5.69 Å². The van der Waals surface area contributed by atoms with Crippen LogP contribution in [-0.2, 0) is 0 Å². The lowest BCUT2D eigenvalue weighted by molar-refractivity contribution is 1.20. The standard InChI is InChI=1S/C6H7BrN2O.2C2H6/c1-3-4(7)2-9-6(10)5(3)8;2*1-2/h2H,8H2,1H3,(H,9,10);2*1-2H3. The summed E-state index contributed by atoms with van der Waals surface area (Å²) in [7, 11) is 0. The van der Waals surface area contributed by atoms with E-state index >= 15 is 0 Å². The Balaban J connectivity index is 0. The van der Waals surface area contributed by atoms with Crippen molar-refractivity contribution >= 4 is 21.6 Å². The molecule has 0 aliphatic heterocycles. The minimum absolute atomic E-state index is 0.235. The van der Waals surface area contributed by atoms with Crippen LogP contribution in [0, 0.1) is 6.92 Å². The summed E-state index contributed by atoms with van der Waals surface area (Å²) in [6.07, 6.45) is 1.58. The van der Waals surface area contributed by atoms with E-state index < -0.39 is 0 Å². The van der Waals surface area contributed by atoms with Gasteiger partial charge in [-0.1, -0.05) is 27.7 Å². The van der Waals surface area contributed by atoms with Gasteiger partial charge in [0.2, 0.25) is 0 Å². The molecule has 0 radical (unpaired) electrons. The van der Waals surface area contributed by atoms with Crippen molar-refractivity contribution in [2.75, 3.05) is 5.73 Å². The van der Waals surface area contributed by atoms with Gasteiger partial charge in [-0.15, -0.1) is 0 Å². The number of rotatable bonds is 0. The molecule has 0 amide bonds. The molecule has 0 atom stereocenters. The normalized spacial score (nSPS) is 7.86. The maximum atomic E-state index is 10.8. The first-order valence-electron chi connectivity index (χ1n) is 4.76. The summed E-state index contributed by atoms with van der Waals surface area (Å²) < 4.78 is 0.824. The summed E-state index contributed by atoms with van der Waals surface area (Å²) in [6, 6.07) is 0.